The van der Waals surface area contributed by atoms with Gasteiger partial charge in [-0.1, -0.05) is 0 Å². The molecular formula is C27H24ClN5O2. The van der Waals surface area contributed by atoms with Gasteiger partial charge in [-0.2, -0.15) is 10.5 Å². The highest BCUT2D eigenvalue weighted by Gasteiger charge is 2.18. The van der Waals surface area contributed by atoms with Crippen molar-refractivity contribution < 1.29 is 9.53 Å². The second kappa shape index (κ2) is 11.6. The summed E-state index contributed by atoms with van der Waals surface area (Å²) < 4.78 is 6.28. The number of carbonyl (C=O) groups excluding carboxylic acids is 1. The van der Waals surface area contributed by atoms with E-state index in [-0.39, 0.29) is 17.4 Å². The molecule has 0 radical (unpaired) electrons. The Labute approximate surface area is 209 Å². The Bertz CT molecular complexity index is 1330. The van der Waals surface area contributed by atoms with Gasteiger partial charge in [0.05, 0.1) is 34.6 Å². The molecule has 0 aliphatic rings. The third-order valence-electron chi connectivity index (χ3n) is 5.11. The van der Waals surface area contributed by atoms with Crippen molar-refractivity contribution in [3.05, 3.63) is 82.4 Å². The van der Waals surface area contributed by atoms with Crippen molar-refractivity contribution in [2.45, 2.75) is 13.8 Å². The van der Waals surface area contributed by atoms with Crippen molar-refractivity contribution in [3.63, 3.8) is 0 Å². The Hall–Kier alpha value is -4.46. The molecule has 0 saturated heterocycles. The number of benzene rings is 3. The van der Waals surface area contributed by atoms with Gasteiger partial charge in [0.1, 0.15) is 11.5 Å². The van der Waals surface area contributed by atoms with Gasteiger partial charge >= 0.3 is 0 Å². The van der Waals surface area contributed by atoms with Crippen LogP contribution in [0.4, 0.5) is 17.1 Å². The van der Waals surface area contributed by atoms with Crippen molar-refractivity contribution >= 4 is 40.6 Å². The van der Waals surface area contributed by atoms with E-state index in [1.807, 2.05) is 32.0 Å². The number of nitrogens with zero attached hydrogens (tertiary/aromatic N) is 2. The molecule has 1 amide bonds. The maximum Gasteiger partial charge on any atom is 0.255 e. The molecule has 176 valence electrons. The van der Waals surface area contributed by atoms with Gasteiger partial charge in [0, 0.05) is 30.3 Å². The highest BCUT2D eigenvalue weighted by molar-refractivity contribution is 6.18. The fraction of sp³-hybridized carbons (Fsp3) is 0.148. The molecule has 0 spiro atoms. The predicted molar refractivity (Wildman–Crippen MR) is 139 cm³/mol. The van der Waals surface area contributed by atoms with Crippen LogP contribution in [0.25, 0.3) is 6.08 Å². The molecule has 0 saturated carbocycles. The number of amides is 1. The standard InChI is InChI=1S/C27H24ClN5O2/c1-17-12-20(4-3-10-29)13-18(2)26(17)35-25-15-24(33-21-7-5-19(16-30)6-8-21)23(31)14-22(25)27(34)32-11-9-28/h3-8,12-15,33H,9,11,31H2,1-2H3,(H,32,34)/b4-3+. The minimum Gasteiger partial charge on any atom is -0.456 e. The van der Waals surface area contributed by atoms with E-state index >= 15 is 0 Å². The van der Waals surface area contributed by atoms with Gasteiger partial charge in [-0.3, -0.25) is 4.79 Å². The van der Waals surface area contributed by atoms with Crippen LogP contribution in [0.2, 0.25) is 0 Å². The number of nitriles is 2. The topological polar surface area (TPSA) is 124 Å². The molecule has 35 heavy (non-hydrogen) atoms. The summed E-state index contributed by atoms with van der Waals surface area (Å²) in [6, 6.07) is 18.0. The van der Waals surface area contributed by atoms with E-state index in [0.29, 0.717) is 35.0 Å². The number of carbonyl (C=O) groups is 1. The number of nitrogen functional groups attached to an aromatic ring is 1. The normalized spacial score (nSPS) is 10.4. The minimum atomic E-state index is -0.360. The molecule has 4 N–H and O–H groups in total. The molecule has 8 heteroatoms. The number of nitrogens with one attached hydrogen (secondary N) is 2. The number of halogens is 1. The van der Waals surface area contributed by atoms with Crippen LogP contribution >= 0.6 is 11.6 Å². The van der Waals surface area contributed by atoms with Crippen molar-refractivity contribution in [1.82, 2.24) is 5.32 Å². The zero-order valence-electron chi connectivity index (χ0n) is 19.4. The number of hydrogen-bond acceptors (Lipinski definition) is 6. The number of allylic oxidation sites excluding steroid dienone is 1. The van der Waals surface area contributed by atoms with E-state index in [1.54, 1.807) is 42.5 Å². The van der Waals surface area contributed by atoms with Gasteiger partial charge in [-0.15, -0.1) is 11.6 Å². The molecule has 0 aliphatic heterocycles. The summed E-state index contributed by atoms with van der Waals surface area (Å²) in [6.07, 6.45) is 3.13. The first-order valence-electron chi connectivity index (χ1n) is 10.8. The van der Waals surface area contributed by atoms with E-state index in [9.17, 15) is 4.79 Å². The van der Waals surface area contributed by atoms with Crippen LogP contribution in [0.3, 0.4) is 0 Å². The first kappa shape index (κ1) is 25.2. The van der Waals surface area contributed by atoms with E-state index in [4.69, 9.17) is 32.6 Å². The third-order valence-corrected chi connectivity index (χ3v) is 5.30. The molecule has 0 bridgehead atoms. The van der Waals surface area contributed by atoms with Crippen molar-refractivity contribution in [2.24, 2.45) is 0 Å². The number of ether oxygens (including phenoxy) is 1. The average molecular weight is 486 g/mol. The van der Waals surface area contributed by atoms with Crippen LogP contribution < -0.4 is 21.1 Å². The number of nitrogens with two attached hydrogens (primary N) is 1. The molecule has 0 fully saturated rings. The fourth-order valence-electron chi connectivity index (χ4n) is 3.49. The molecule has 0 atom stereocenters. The highest BCUT2D eigenvalue weighted by Crippen LogP contribution is 2.37. The van der Waals surface area contributed by atoms with Crippen LogP contribution in [0, 0.1) is 36.5 Å². The van der Waals surface area contributed by atoms with Crippen LogP contribution in [0.5, 0.6) is 11.5 Å². The summed E-state index contributed by atoms with van der Waals surface area (Å²) in [4.78, 5) is 12.9. The van der Waals surface area contributed by atoms with Gasteiger partial charge in [-0.05, 0) is 79.1 Å². The Morgan fingerprint density at radius 2 is 1.80 bits per heavy atom. The summed E-state index contributed by atoms with van der Waals surface area (Å²) in [5.74, 6) is 0.820. The molecule has 0 heterocycles. The van der Waals surface area contributed by atoms with Crippen LogP contribution in [0.1, 0.15) is 32.6 Å². The Balaban J connectivity index is 2.03. The maximum atomic E-state index is 12.9. The van der Waals surface area contributed by atoms with Gasteiger partial charge in [0.2, 0.25) is 0 Å². The van der Waals surface area contributed by atoms with E-state index in [1.165, 1.54) is 6.08 Å². The molecule has 0 aromatic heterocycles. The van der Waals surface area contributed by atoms with Crippen molar-refractivity contribution in [2.75, 3.05) is 23.5 Å². The van der Waals surface area contributed by atoms with E-state index in [2.05, 4.69) is 16.7 Å². The Kier molecular flexibility index (Phi) is 8.34. The summed E-state index contributed by atoms with van der Waals surface area (Å²) in [7, 11) is 0. The predicted octanol–water partition coefficient (Wildman–Crippen LogP) is 5.80. The molecule has 7 nitrogen and oxygen atoms in total. The Morgan fingerprint density at radius 1 is 1.11 bits per heavy atom. The van der Waals surface area contributed by atoms with Crippen molar-refractivity contribution in [3.8, 4) is 23.6 Å². The zero-order chi connectivity index (χ0) is 25.4. The van der Waals surface area contributed by atoms with E-state index < -0.39 is 0 Å². The van der Waals surface area contributed by atoms with Crippen molar-refractivity contribution in [1.29, 1.82) is 10.5 Å². The first-order valence-corrected chi connectivity index (χ1v) is 11.3. The number of rotatable bonds is 8. The minimum absolute atomic E-state index is 0.269. The lowest BCUT2D eigenvalue weighted by molar-refractivity contribution is 0.0953. The highest BCUT2D eigenvalue weighted by atomic mass is 35.5. The number of hydrogen-bond donors (Lipinski definition) is 3. The van der Waals surface area contributed by atoms with Crippen LogP contribution in [0.15, 0.2) is 54.6 Å². The number of alkyl halides is 1. The average Bonchev–Trinajstić information content (AvgIpc) is 2.85. The zero-order valence-corrected chi connectivity index (χ0v) is 20.1. The van der Waals surface area contributed by atoms with Crippen LogP contribution in [-0.2, 0) is 0 Å². The third kappa shape index (κ3) is 6.32. The molecule has 0 aliphatic carbocycles. The smallest absolute Gasteiger partial charge is 0.255 e. The van der Waals surface area contributed by atoms with Gasteiger partial charge in [0.15, 0.2) is 0 Å². The molecule has 3 aromatic carbocycles. The quantitative estimate of drug-likeness (QED) is 0.210. The lowest BCUT2D eigenvalue weighted by Gasteiger charge is -2.18. The summed E-state index contributed by atoms with van der Waals surface area (Å²) in [5.41, 5.74) is 11.2. The summed E-state index contributed by atoms with van der Waals surface area (Å²) in [5, 5.41) is 23.8. The molecule has 3 rings (SSSR count). The summed E-state index contributed by atoms with van der Waals surface area (Å²) >= 11 is 5.74. The number of aryl methyl sites for hydroxylation is 2. The lowest BCUT2D eigenvalue weighted by Crippen LogP contribution is -2.26. The monoisotopic (exact) mass is 485 g/mol. The molecular weight excluding hydrogens is 462 g/mol. The molecule has 0 unspecified atom stereocenters. The first-order chi connectivity index (χ1) is 16.9. The van der Waals surface area contributed by atoms with E-state index in [0.717, 1.165) is 22.4 Å². The fourth-order valence-corrected chi connectivity index (χ4v) is 3.59. The van der Waals surface area contributed by atoms with Gasteiger partial charge < -0.3 is 21.1 Å². The van der Waals surface area contributed by atoms with Gasteiger partial charge in [-0.25, -0.2) is 0 Å². The van der Waals surface area contributed by atoms with Gasteiger partial charge in [0.25, 0.3) is 5.91 Å². The Morgan fingerprint density at radius 3 is 2.40 bits per heavy atom. The summed E-state index contributed by atoms with van der Waals surface area (Å²) in [6.45, 7) is 4.09. The number of anilines is 3. The maximum absolute atomic E-state index is 12.9. The lowest BCUT2D eigenvalue weighted by atomic mass is 10.0. The second-order valence-electron chi connectivity index (χ2n) is 7.74. The molecule has 3 aromatic rings. The SMILES string of the molecule is Cc1cc(/C=C/C#N)cc(C)c1Oc1cc(Nc2ccc(C#N)cc2)c(N)cc1C(=O)NCCCl. The second-order valence-corrected chi connectivity index (χ2v) is 8.12. The largest absolute Gasteiger partial charge is 0.456 e. The van der Waals surface area contributed by atoms with Crippen LogP contribution in [-0.4, -0.2) is 18.3 Å².